The minimum atomic E-state index is -0.300. The molecule has 0 aromatic heterocycles. The molecule has 50 valence electrons. The van der Waals surface area contributed by atoms with Gasteiger partial charge in [0.2, 0.25) is 0 Å². The Morgan fingerprint density at radius 3 is 2.56 bits per heavy atom. The van der Waals surface area contributed by atoms with Crippen LogP contribution in [0.3, 0.4) is 0 Å². The molecule has 0 aliphatic heterocycles. The summed E-state index contributed by atoms with van der Waals surface area (Å²) in [5.74, 6) is 0.143. The number of ketones is 1. The van der Waals surface area contributed by atoms with E-state index in [1.165, 1.54) is 0 Å². The standard InChI is InChI=1S/C6H9NO2/c1-4(7-9)5-2-3-6(5)8/h4-5H,2-3H2,1H3. The molecular formula is C6H9NO2. The van der Waals surface area contributed by atoms with E-state index in [1.807, 2.05) is 0 Å². The van der Waals surface area contributed by atoms with Crippen molar-refractivity contribution in [2.45, 2.75) is 25.8 Å². The average Bonchev–Trinajstić information content (AvgIpc) is 1.84. The Labute approximate surface area is 53.4 Å². The van der Waals surface area contributed by atoms with Crippen molar-refractivity contribution in [3.8, 4) is 0 Å². The van der Waals surface area contributed by atoms with E-state index in [9.17, 15) is 9.70 Å². The third-order valence-electron chi connectivity index (χ3n) is 1.86. The molecule has 2 atom stereocenters. The Morgan fingerprint density at radius 2 is 2.44 bits per heavy atom. The van der Waals surface area contributed by atoms with Crippen molar-refractivity contribution in [3.05, 3.63) is 4.91 Å². The van der Waals surface area contributed by atoms with Crippen LogP contribution in [0.5, 0.6) is 0 Å². The second kappa shape index (κ2) is 2.25. The van der Waals surface area contributed by atoms with Gasteiger partial charge in [0.1, 0.15) is 5.78 Å². The summed E-state index contributed by atoms with van der Waals surface area (Å²) in [6, 6.07) is -0.300. The molecule has 0 heterocycles. The van der Waals surface area contributed by atoms with E-state index in [-0.39, 0.29) is 17.7 Å². The van der Waals surface area contributed by atoms with Crippen LogP contribution in [0, 0.1) is 10.8 Å². The number of rotatable bonds is 2. The van der Waals surface area contributed by atoms with Gasteiger partial charge in [-0.25, -0.2) is 0 Å². The van der Waals surface area contributed by atoms with Crippen molar-refractivity contribution in [1.29, 1.82) is 0 Å². The van der Waals surface area contributed by atoms with Gasteiger partial charge < -0.3 is 0 Å². The molecule has 0 bridgehead atoms. The first-order chi connectivity index (χ1) is 4.25. The van der Waals surface area contributed by atoms with E-state index in [0.717, 1.165) is 6.42 Å². The number of hydrogen-bond acceptors (Lipinski definition) is 3. The van der Waals surface area contributed by atoms with Crippen LogP contribution < -0.4 is 0 Å². The zero-order chi connectivity index (χ0) is 6.85. The Balaban J connectivity index is 2.43. The van der Waals surface area contributed by atoms with Crippen LogP contribution >= 0.6 is 0 Å². The van der Waals surface area contributed by atoms with E-state index in [2.05, 4.69) is 5.18 Å². The maximum atomic E-state index is 10.6. The maximum absolute atomic E-state index is 10.6. The number of nitroso groups, excluding NO2 is 1. The first-order valence-corrected chi connectivity index (χ1v) is 3.11. The predicted molar refractivity (Wildman–Crippen MR) is 33.0 cm³/mol. The van der Waals surface area contributed by atoms with Crippen molar-refractivity contribution < 1.29 is 4.79 Å². The third kappa shape index (κ3) is 0.992. The Kier molecular flexibility index (Phi) is 1.60. The predicted octanol–water partition coefficient (Wildman–Crippen LogP) is 1.12. The van der Waals surface area contributed by atoms with Crippen molar-refractivity contribution >= 4 is 5.78 Å². The molecule has 0 N–H and O–H groups in total. The lowest BCUT2D eigenvalue weighted by atomic mass is 9.79. The van der Waals surface area contributed by atoms with E-state index >= 15 is 0 Å². The van der Waals surface area contributed by atoms with Gasteiger partial charge in [0.15, 0.2) is 0 Å². The minimum Gasteiger partial charge on any atom is -0.299 e. The fraction of sp³-hybridized carbons (Fsp3) is 0.833. The summed E-state index contributed by atoms with van der Waals surface area (Å²) in [5.41, 5.74) is 0. The van der Waals surface area contributed by atoms with Gasteiger partial charge in [-0.2, -0.15) is 4.91 Å². The number of carbonyl (C=O) groups excluding carboxylic acids is 1. The van der Waals surface area contributed by atoms with Gasteiger partial charge >= 0.3 is 0 Å². The molecule has 0 saturated heterocycles. The summed E-state index contributed by atoms with van der Waals surface area (Å²) in [6.45, 7) is 1.69. The largest absolute Gasteiger partial charge is 0.299 e. The fourth-order valence-corrected chi connectivity index (χ4v) is 1.01. The SMILES string of the molecule is CC(N=O)C1CCC1=O. The summed E-state index contributed by atoms with van der Waals surface area (Å²) in [6.07, 6.45) is 1.50. The Morgan fingerprint density at radius 1 is 1.78 bits per heavy atom. The zero-order valence-corrected chi connectivity index (χ0v) is 5.33. The van der Waals surface area contributed by atoms with Crippen molar-refractivity contribution in [1.82, 2.24) is 0 Å². The molecule has 3 heteroatoms. The van der Waals surface area contributed by atoms with Gasteiger partial charge in [0.25, 0.3) is 0 Å². The van der Waals surface area contributed by atoms with Crippen LogP contribution in [0.4, 0.5) is 0 Å². The van der Waals surface area contributed by atoms with Gasteiger partial charge in [0.05, 0.1) is 6.04 Å². The van der Waals surface area contributed by atoms with Crippen molar-refractivity contribution in [2.24, 2.45) is 11.1 Å². The molecular weight excluding hydrogens is 118 g/mol. The van der Waals surface area contributed by atoms with Crippen molar-refractivity contribution in [2.75, 3.05) is 0 Å². The number of nitrogens with zero attached hydrogens (tertiary/aromatic N) is 1. The van der Waals surface area contributed by atoms with E-state index in [0.29, 0.717) is 6.42 Å². The zero-order valence-electron chi connectivity index (χ0n) is 5.33. The normalized spacial score (nSPS) is 29.0. The second-order valence-electron chi connectivity index (χ2n) is 2.46. The van der Waals surface area contributed by atoms with Gasteiger partial charge in [0, 0.05) is 12.3 Å². The summed E-state index contributed by atoms with van der Waals surface area (Å²) in [5, 5.41) is 2.79. The van der Waals surface area contributed by atoms with Crippen LogP contribution in [0.2, 0.25) is 0 Å². The summed E-state index contributed by atoms with van der Waals surface area (Å²) < 4.78 is 0. The molecule has 1 aliphatic carbocycles. The Hall–Kier alpha value is -0.730. The molecule has 2 unspecified atom stereocenters. The molecule has 1 saturated carbocycles. The highest BCUT2D eigenvalue weighted by Crippen LogP contribution is 2.26. The van der Waals surface area contributed by atoms with Crippen LogP contribution in [-0.4, -0.2) is 11.8 Å². The summed E-state index contributed by atoms with van der Waals surface area (Å²) in [7, 11) is 0. The molecule has 9 heavy (non-hydrogen) atoms. The van der Waals surface area contributed by atoms with Gasteiger partial charge in [-0.05, 0) is 13.3 Å². The first kappa shape index (κ1) is 6.39. The third-order valence-corrected chi connectivity index (χ3v) is 1.86. The fourth-order valence-electron chi connectivity index (χ4n) is 1.01. The first-order valence-electron chi connectivity index (χ1n) is 3.11. The Bertz CT molecular complexity index is 144. The monoisotopic (exact) mass is 127 g/mol. The van der Waals surface area contributed by atoms with Crippen molar-refractivity contribution in [3.63, 3.8) is 0 Å². The molecule has 0 aromatic rings. The molecule has 0 amide bonds. The molecule has 1 fully saturated rings. The summed E-state index contributed by atoms with van der Waals surface area (Å²) in [4.78, 5) is 20.5. The topological polar surface area (TPSA) is 46.5 Å². The van der Waals surface area contributed by atoms with Crippen LogP contribution in [0.1, 0.15) is 19.8 Å². The van der Waals surface area contributed by atoms with Gasteiger partial charge in [-0.1, -0.05) is 5.18 Å². The highest BCUT2D eigenvalue weighted by atomic mass is 16.3. The lowest BCUT2D eigenvalue weighted by Gasteiger charge is -2.24. The molecule has 3 nitrogen and oxygen atoms in total. The maximum Gasteiger partial charge on any atom is 0.138 e. The lowest BCUT2D eigenvalue weighted by Crippen LogP contribution is -2.33. The minimum absolute atomic E-state index is 0.0532. The highest BCUT2D eigenvalue weighted by molar-refractivity contribution is 5.86. The number of carbonyl (C=O) groups is 1. The molecule has 0 spiro atoms. The highest BCUT2D eigenvalue weighted by Gasteiger charge is 2.33. The van der Waals surface area contributed by atoms with E-state index < -0.39 is 0 Å². The molecule has 1 aliphatic rings. The van der Waals surface area contributed by atoms with Gasteiger partial charge in [-0.15, -0.1) is 0 Å². The van der Waals surface area contributed by atoms with Crippen LogP contribution in [0.15, 0.2) is 5.18 Å². The molecule has 0 aromatic carbocycles. The second-order valence-corrected chi connectivity index (χ2v) is 2.46. The summed E-state index contributed by atoms with van der Waals surface area (Å²) >= 11 is 0. The van der Waals surface area contributed by atoms with Gasteiger partial charge in [-0.3, -0.25) is 4.79 Å². The molecule has 0 radical (unpaired) electrons. The quantitative estimate of drug-likeness (QED) is 0.522. The van der Waals surface area contributed by atoms with Crippen LogP contribution in [-0.2, 0) is 4.79 Å². The van der Waals surface area contributed by atoms with Crippen LogP contribution in [0.25, 0.3) is 0 Å². The average molecular weight is 127 g/mol. The van der Waals surface area contributed by atoms with E-state index in [4.69, 9.17) is 0 Å². The lowest BCUT2D eigenvalue weighted by molar-refractivity contribution is -0.129. The number of Topliss-reactive ketones (excluding diaryl/α,β-unsaturated/α-hetero) is 1. The smallest absolute Gasteiger partial charge is 0.138 e. The number of hydrogen-bond donors (Lipinski definition) is 0. The molecule has 1 rings (SSSR count). The van der Waals surface area contributed by atoms with E-state index in [1.54, 1.807) is 6.92 Å².